The molecular weight excluding hydrogens is 619 g/mol. The molecule has 4 saturated heterocycles. The summed E-state index contributed by atoms with van der Waals surface area (Å²) in [6.45, 7) is 3.41. The minimum atomic E-state index is -0.672. The monoisotopic (exact) mass is 655 g/mol. The Hall–Kier alpha value is -4.37. The zero-order chi connectivity index (χ0) is 33.2. The van der Waals surface area contributed by atoms with Crippen LogP contribution < -0.4 is 15.0 Å². The number of ether oxygens (including phenoxy) is 2. The summed E-state index contributed by atoms with van der Waals surface area (Å²) in [4.78, 5) is 13.9. The van der Waals surface area contributed by atoms with E-state index in [1.54, 1.807) is 19.2 Å². The summed E-state index contributed by atoms with van der Waals surface area (Å²) in [5.41, 5.74) is 0.451. The van der Waals surface area contributed by atoms with Crippen LogP contribution in [0.5, 0.6) is 11.8 Å². The summed E-state index contributed by atoms with van der Waals surface area (Å²) in [6, 6.07) is 9.19. The molecular formula is C37H36F3N5O3. The average Bonchev–Trinajstić information content (AvgIpc) is 3.73. The molecule has 1 unspecified atom stereocenters. The van der Waals surface area contributed by atoms with Crippen LogP contribution in [0.3, 0.4) is 0 Å². The van der Waals surface area contributed by atoms with Gasteiger partial charge in [0.2, 0.25) is 0 Å². The maximum Gasteiger partial charge on any atom is 0.319 e. The van der Waals surface area contributed by atoms with Crippen molar-refractivity contribution in [3.05, 3.63) is 65.5 Å². The zero-order valence-corrected chi connectivity index (χ0v) is 26.7. The third kappa shape index (κ3) is 4.97. The molecule has 0 saturated carbocycles. The van der Waals surface area contributed by atoms with Crippen LogP contribution in [0.4, 0.5) is 19.0 Å². The minimum absolute atomic E-state index is 0.0206. The van der Waals surface area contributed by atoms with E-state index in [1.807, 2.05) is 0 Å². The number of anilines is 1. The molecule has 8 rings (SSSR count). The Morgan fingerprint density at radius 1 is 1.15 bits per heavy atom. The van der Waals surface area contributed by atoms with E-state index in [0.717, 1.165) is 37.8 Å². The van der Waals surface area contributed by atoms with Gasteiger partial charge in [-0.2, -0.15) is 9.97 Å². The number of terminal acetylenes is 1. The van der Waals surface area contributed by atoms with Gasteiger partial charge in [0.1, 0.15) is 29.5 Å². The Morgan fingerprint density at radius 3 is 2.83 bits per heavy atom. The molecule has 248 valence electrons. The summed E-state index contributed by atoms with van der Waals surface area (Å²) in [5.74, 6) is 1.55. The van der Waals surface area contributed by atoms with Gasteiger partial charge in [-0.3, -0.25) is 4.90 Å². The van der Waals surface area contributed by atoms with E-state index in [4.69, 9.17) is 20.9 Å². The summed E-state index contributed by atoms with van der Waals surface area (Å²) in [5, 5.41) is 15.6. The fraction of sp³-hybridized carbons (Fsp3) is 0.405. The second-order valence-corrected chi connectivity index (χ2v) is 13.8. The molecule has 4 aromatic rings. The number of aromatic nitrogens is 2. The highest BCUT2D eigenvalue weighted by atomic mass is 19.1. The van der Waals surface area contributed by atoms with Gasteiger partial charge in [-0.25, -0.2) is 13.2 Å². The second-order valence-electron chi connectivity index (χ2n) is 13.8. The smallest absolute Gasteiger partial charge is 0.319 e. The van der Waals surface area contributed by atoms with E-state index >= 15 is 4.39 Å². The lowest BCUT2D eigenvalue weighted by molar-refractivity contribution is 0.107. The maximum absolute atomic E-state index is 17.0. The average molecular weight is 656 g/mol. The predicted molar refractivity (Wildman–Crippen MR) is 178 cm³/mol. The standard InChI is InChI=1S/C37H36F3N5O3/c1-3-26-30(39)8-5-23-13-25(46)14-29(31(23)26)27-6-7-28-33(32(27)40)41-35(48-21-37-10-4-12-45(37)17-22(15-37)16-38)42-34(28)44-18-24-9-11-36(19-44,43-24)20-47-2/h1,5-8,13-14,16,24,43,46H,4,9-12,15,17-21H2,2H3/b22-16-/t24-,36+,37?/m0/s1. The molecule has 3 aromatic carbocycles. The van der Waals surface area contributed by atoms with Crippen LogP contribution in [0.15, 0.2) is 48.3 Å². The fourth-order valence-corrected chi connectivity index (χ4v) is 8.65. The Bertz CT molecular complexity index is 2030. The van der Waals surface area contributed by atoms with Crippen LogP contribution in [-0.4, -0.2) is 83.6 Å². The lowest BCUT2D eigenvalue weighted by atomic mass is 9.93. The van der Waals surface area contributed by atoms with Crippen LogP contribution in [0.1, 0.15) is 37.7 Å². The van der Waals surface area contributed by atoms with Crippen molar-refractivity contribution in [2.45, 2.75) is 49.2 Å². The van der Waals surface area contributed by atoms with E-state index in [1.165, 1.54) is 24.3 Å². The number of benzene rings is 3. The Labute approximate surface area is 276 Å². The molecule has 5 heterocycles. The van der Waals surface area contributed by atoms with Crippen molar-refractivity contribution in [2.75, 3.05) is 51.4 Å². The number of fused-ring (bicyclic) bond motifs is 5. The number of hydrogen-bond donors (Lipinski definition) is 2. The second kappa shape index (κ2) is 11.7. The van der Waals surface area contributed by atoms with Crippen molar-refractivity contribution in [3.8, 4) is 35.2 Å². The van der Waals surface area contributed by atoms with E-state index in [-0.39, 0.29) is 57.7 Å². The number of nitrogens with zero attached hydrogens (tertiary/aromatic N) is 4. The number of halogens is 3. The van der Waals surface area contributed by atoms with Crippen molar-refractivity contribution < 1.29 is 27.8 Å². The molecule has 2 N–H and O–H groups in total. The van der Waals surface area contributed by atoms with Crippen molar-refractivity contribution in [2.24, 2.45) is 0 Å². The Balaban J connectivity index is 1.27. The molecule has 11 heteroatoms. The van der Waals surface area contributed by atoms with Gasteiger partial charge >= 0.3 is 6.01 Å². The first-order valence-electron chi connectivity index (χ1n) is 16.4. The van der Waals surface area contributed by atoms with Crippen LogP contribution in [0.25, 0.3) is 32.8 Å². The number of nitrogens with one attached hydrogen (secondary N) is 1. The lowest BCUT2D eigenvalue weighted by Gasteiger charge is -2.42. The highest BCUT2D eigenvalue weighted by Gasteiger charge is 2.48. The molecule has 3 atom stereocenters. The number of aromatic hydroxyl groups is 1. The van der Waals surface area contributed by atoms with E-state index < -0.39 is 11.6 Å². The zero-order valence-electron chi connectivity index (χ0n) is 26.7. The quantitative estimate of drug-likeness (QED) is 0.241. The lowest BCUT2D eigenvalue weighted by Crippen LogP contribution is -2.61. The van der Waals surface area contributed by atoms with Gasteiger partial charge in [-0.05, 0) is 79.4 Å². The Morgan fingerprint density at radius 2 is 2.02 bits per heavy atom. The maximum atomic E-state index is 17.0. The molecule has 0 spiro atoms. The molecule has 4 aliphatic rings. The molecule has 4 aliphatic heterocycles. The van der Waals surface area contributed by atoms with Gasteiger partial charge in [-0.15, -0.1) is 6.42 Å². The van der Waals surface area contributed by atoms with Crippen molar-refractivity contribution in [1.29, 1.82) is 0 Å². The summed E-state index contributed by atoms with van der Waals surface area (Å²) < 4.78 is 57.4. The first-order valence-corrected chi connectivity index (χ1v) is 16.4. The first kappa shape index (κ1) is 30.9. The first-order chi connectivity index (χ1) is 23.2. The van der Waals surface area contributed by atoms with Gasteiger partial charge in [-0.1, -0.05) is 18.1 Å². The third-order valence-corrected chi connectivity index (χ3v) is 10.7. The highest BCUT2D eigenvalue weighted by molar-refractivity contribution is 6.04. The van der Waals surface area contributed by atoms with E-state index in [2.05, 4.69) is 26.0 Å². The van der Waals surface area contributed by atoms with Crippen LogP contribution in [-0.2, 0) is 4.74 Å². The van der Waals surface area contributed by atoms with Crippen LogP contribution in [0.2, 0.25) is 0 Å². The number of rotatable bonds is 7. The van der Waals surface area contributed by atoms with Crippen molar-refractivity contribution >= 4 is 27.5 Å². The van der Waals surface area contributed by atoms with Crippen LogP contribution in [0, 0.1) is 24.0 Å². The molecule has 0 radical (unpaired) electrons. The van der Waals surface area contributed by atoms with Crippen molar-refractivity contribution in [1.82, 2.24) is 20.2 Å². The van der Waals surface area contributed by atoms with Gasteiger partial charge in [0, 0.05) is 49.1 Å². The minimum Gasteiger partial charge on any atom is -0.508 e. The summed E-state index contributed by atoms with van der Waals surface area (Å²) >= 11 is 0. The molecule has 8 nitrogen and oxygen atoms in total. The predicted octanol–water partition coefficient (Wildman–Crippen LogP) is 5.84. The van der Waals surface area contributed by atoms with Gasteiger partial charge < -0.3 is 24.8 Å². The largest absolute Gasteiger partial charge is 0.508 e. The summed E-state index contributed by atoms with van der Waals surface area (Å²) in [7, 11) is 1.69. The van der Waals surface area contributed by atoms with Gasteiger partial charge in [0.25, 0.3) is 0 Å². The highest BCUT2D eigenvalue weighted by Crippen LogP contribution is 2.43. The number of methoxy groups -OCH3 is 1. The van der Waals surface area contributed by atoms with Gasteiger partial charge in [0.15, 0.2) is 5.82 Å². The van der Waals surface area contributed by atoms with Crippen molar-refractivity contribution in [3.63, 3.8) is 0 Å². The normalized spacial score (nSPS) is 26.1. The number of phenols is 1. The molecule has 2 bridgehead atoms. The molecule has 0 amide bonds. The van der Waals surface area contributed by atoms with E-state index in [9.17, 15) is 13.9 Å². The molecule has 1 aromatic heterocycles. The summed E-state index contributed by atoms with van der Waals surface area (Å²) in [6.07, 6.45) is 10.7. The molecule has 4 fully saturated rings. The topological polar surface area (TPSA) is 83.0 Å². The third-order valence-electron chi connectivity index (χ3n) is 10.7. The molecule has 48 heavy (non-hydrogen) atoms. The van der Waals surface area contributed by atoms with E-state index in [0.29, 0.717) is 61.0 Å². The number of hydrogen-bond acceptors (Lipinski definition) is 8. The Kier molecular flexibility index (Phi) is 7.51. The van der Waals surface area contributed by atoms with Crippen LogP contribution >= 0.6 is 0 Å². The SMILES string of the molecule is C#Cc1c(F)ccc2cc(O)cc(-c3ccc4c(N5C[C@@H]6CC[C@](COC)(C5)N6)nc(OCC56CCCN5C/C(=C\F)C6)nc4c3F)c12. The number of phenolic OH excluding ortho intramolecular Hbond substituents is 1. The van der Waals surface area contributed by atoms with Gasteiger partial charge in [0.05, 0.1) is 29.6 Å². The molecule has 0 aliphatic carbocycles. The number of piperazine rings is 1. The fourth-order valence-electron chi connectivity index (χ4n) is 8.65.